The van der Waals surface area contributed by atoms with Crippen LogP contribution in [0.3, 0.4) is 0 Å². The highest BCUT2D eigenvalue weighted by molar-refractivity contribution is 7.52. The number of nitrogens with two attached hydrogens (primary N) is 1. The van der Waals surface area contributed by atoms with Crippen molar-refractivity contribution in [2.75, 3.05) is 19.3 Å². The average molecular weight is 168 g/mol. The maximum absolute atomic E-state index is 10.7. The summed E-state index contributed by atoms with van der Waals surface area (Å²) in [6, 6.07) is 0. The first-order valence-electron chi connectivity index (χ1n) is 3.05. The summed E-state index contributed by atoms with van der Waals surface area (Å²) in [4.78, 5) is 8.78. The Morgan fingerprint density at radius 2 is 2.40 bits per heavy atom. The summed E-state index contributed by atoms with van der Waals surface area (Å²) in [6.07, 6.45) is 0.102. The molecule has 0 saturated heterocycles. The minimum atomic E-state index is -3.37. The third-order valence-corrected chi connectivity index (χ3v) is 2.07. The van der Waals surface area contributed by atoms with Crippen molar-refractivity contribution in [1.29, 1.82) is 0 Å². The fraction of sp³-hybridized carbons (Fsp3) is 1.00. The molecule has 5 nitrogen and oxygen atoms in total. The van der Waals surface area contributed by atoms with Crippen molar-refractivity contribution < 1.29 is 14.1 Å². The van der Waals surface area contributed by atoms with Crippen LogP contribution in [0.2, 0.25) is 0 Å². The molecule has 6 heteroatoms. The molecule has 0 saturated carbocycles. The maximum Gasteiger partial charge on any atom is 0.344 e. The van der Waals surface area contributed by atoms with Crippen LogP contribution in [0.4, 0.5) is 0 Å². The van der Waals surface area contributed by atoms with E-state index in [4.69, 9.17) is 10.6 Å². The first-order valence-corrected chi connectivity index (χ1v) is 4.82. The average Bonchev–Trinajstić information content (AvgIpc) is 1.89. The van der Waals surface area contributed by atoms with Crippen LogP contribution >= 0.6 is 7.60 Å². The monoisotopic (exact) mass is 168 g/mol. The summed E-state index contributed by atoms with van der Waals surface area (Å²) in [5.74, 6) is 0. The Labute approximate surface area is 60.0 Å². The Balaban J connectivity index is 3.38. The largest absolute Gasteiger partial charge is 0.344 e. The van der Waals surface area contributed by atoms with E-state index in [1.165, 1.54) is 0 Å². The van der Waals surface area contributed by atoms with Gasteiger partial charge in [0, 0.05) is 19.3 Å². The minimum Gasteiger partial charge on any atom is -0.329 e. The van der Waals surface area contributed by atoms with Gasteiger partial charge in [-0.15, -0.1) is 0 Å². The quantitative estimate of drug-likeness (QED) is 0.297. The van der Waals surface area contributed by atoms with Crippen molar-refractivity contribution >= 4 is 7.60 Å². The van der Waals surface area contributed by atoms with E-state index in [2.05, 4.69) is 10.1 Å². The van der Waals surface area contributed by atoms with Gasteiger partial charge in [0.2, 0.25) is 0 Å². The summed E-state index contributed by atoms with van der Waals surface area (Å²) < 4.78 is 15.1. The van der Waals surface area contributed by atoms with E-state index in [1.54, 1.807) is 6.92 Å². The third-order valence-electron chi connectivity index (χ3n) is 0.853. The first kappa shape index (κ1) is 10.1. The molecule has 1 unspecified atom stereocenters. The fourth-order valence-corrected chi connectivity index (χ4v) is 0.692. The van der Waals surface area contributed by atoms with Crippen molar-refractivity contribution in [2.45, 2.75) is 6.92 Å². The third kappa shape index (κ3) is 4.90. The molecular formula is C4H13N2O3P. The molecule has 0 heterocycles. The Morgan fingerprint density at radius 1 is 1.80 bits per heavy atom. The number of hydrogen-bond acceptors (Lipinski definition) is 4. The molecular weight excluding hydrogens is 155 g/mol. The van der Waals surface area contributed by atoms with E-state index >= 15 is 0 Å². The Kier molecular flexibility index (Phi) is 4.85. The van der Waals surface area contributed by atoms with Crippen LogP contribution in [0, 0.1) is 0 Å². The summed E-state index contributed by atoms with van der Waals surface area (Å²) in [5, 5.41) is 0. The molecule has 62 valence electrons. The van der Waals surface area contributed by atoms with Gasteiger partial charge in [0.05, 0.1) is 0 Å². The second kappa shape index (κ2) is 4.82. The predicted molar refractivity (Wildman–Crippen MR) is 38.5 cm³/mol. The molecule has 4 N–H and O–H groups in total. The molecule has 0 fully saturated rings. The van der Waals surface area contributed by atoms with Crippen LogP contribution in [0.15, 0.2) is 0 Å². The minimum absolute atomic E-state index is 0.102. The zero-order valence-corrected chi connectivity index (χ0v) is 6.80. The summed E-state index contributed by atoms with van der Waals surface area (Å²) in [6.45, 7) is 2.33. The van der Waals surface area contributed by atoms with Gasteiger partial charge in [-0.05, 0) is 0 Å². The van der Waals surface area contributed by atoms with E-state index < -0.39 is 7.60 Å². The lowest BCUT2D eigenvalue weighted by atomic mass is 10.7. The van der Waals surface area contributed by atoms with Crippen molar-refractivity contribution in [3.05, 3.63) is 0 Å². The van der Waals surface area contributed by atoms with Gasteiger partial charge in [-0.1, -0.05) is 6.92 Å². The molecule has 0 spiro atoms. The van der Waals surface area contributed by atoms with Gasteiger partial charge < -0.3 is 10.6 Å². The highest BCUT2D eigenvalue weighted by Crippen LogP contribution is 2.39. The zero-order valence-electron chi connectivity index (χ0n) is 5.91. The lowest BCUT2D eigenvalue weighted by Crippen LogP contribution is -2.21. The van der Waals surface area contributed by atoms with Crippen LogP contribution in [-0.2, 0) is 9.19 Å². The van der Waals surface area contributed by atoms with E-state index in [-0.39, 0.29) is 6.16 Å². The SMILES string of the molecule is CCP(=O)(O)ONCCN. The van der Waals surface area contributed by atoms with Gasteiger partial charge in [0.25, 0.3) is 0 Å². The van der Waals surface area contributed by atoms with Crippen LogP contribution in [-0.4, -0.2) is 24.1 Å². The maximum atomic E-state index is 10.7. The van der Waals surface area contributed by atoms with Crippen molar-refractivity contribution in [3.63, 3.8) is 0 Å². The first-order chi connectivity index (χ1) is 4.62. The van der Waals surface area contributed by atoms with Crippen LogP contribution in [0.5, 0.6) is 0 Å². The molecule has 0 aliphatic heterocycles. The standard InChI is InChI=1S/C4H13N2O3P/c1-2-10(7,8)9-6-4-3-5/h6H,2-5H2,1H3,(H,7,8). The molecule has 0 radical (unpaired) electrons. The van der Waals surface area contributed by atoms with Crippen molar-refractivity contribution in [2.24, 2.45) is 5.73 Å². The molecule has 0 rings (SSSR count). The van der Waals surface area contributed by atoms with Crippen LogP contribution in [0.1, 0.15) is 6.92 Å². The Hall–Kier alpha value is 0.0700. The number of hydrogen-bond donors (Lipinski definition) is 3. The number of hydroxylamine groups is 1. The van der Waals surface area contributed by atoms with Crippen molar-refractivity contribution in [1.82, 2.24) is 5.48 Å². The van der Waals surface area contributed by atoms with E-state index in [1.807, 2.05) is 0 Å². The molecule has 0 aliphatic rings. The highest BCUT2D eigenvalue weighted by Gasteiger charge is 2.14. The smallest absolute Gasteiger partial charge is 0.329 e. The molecule has 0 aliphatic carbocycles. The normalized spacial score (nSPS) is 16.7. The van der Waals surface area contributed by atoms with E-state index in [0.29, 0.717) is 13.1 Å². The molecule has 0 amide bonds. The second-order valence-corrected chi connectivity index (χ2v) is 3.82. The molecule has 0 aromatic heterocycles. The van der Waals surface area contributed by atoms with Crippen molar-refractivity contribution in [3.8, 4) is 0 Å². The number of nitrogens with one attached hydrogen (secondary N) is 1. The summed E-state index contributed by atoms with van der Waals surface area (Å²) >= 11 is 0. The van der Waals surface area contributed by atoms with E-state index in [0.717, 1.165) is 0 Å². The van der Waals surface area contributed by atoms with Crippen LogP contribution < -0.4 is 11.2 Å². The van der Waals surface area contributed by atoms with Gasteiger partial charge in [0.15, 0.2) is 0 Å². The molecule has 0 aromatic rings. The fourth-order valence-electron chi connectivity index (χ4n) is 0.270. The Morgan fingerprint density at radius 3 is 2.80 bits per heavy atom. The molecule has 10 heavy (non-hydrogen) atoms. The number of rotatable bonds is 5. The highest BCUT2D eigenvalue weighted by atomic mass is 31.2. The topological polar surface area (TPSA) is 84.6 Å². The molecule has 0 aromatic carbocycles. The van der Waals surface area contributed by atoms with Gasteiger partial charge in [-0.2, -0.15) is 5.48 Å². The second-order valence-electron chi connectivity index (χ2n) is 1.73. The van der Waals surface area contributed by atoms with E-state index in [9.17, 15) is 4.57 Å². The molecule has 0 bridgehead atoms. The Bertz CT molecular complexity index is 130. The lowest BCUT2D eigenvalue weighted by Gasteiger charge is -2.08. The summed E-state index contributed by atoms with van der Waals surface area (Å²) in [5.41, 5.74) is 7.37. The summed E-state index contributed by atoms with van der Waals surface area (Å²) in [7, 11) is -3.37. The zero-order chi connectivity index (χ0) is 8.04. The van der Waals surface area contributed by atoms with Gasteiger partial charge in [-0.3, -0.25) is 4.57 Å². The predicted octanol–water partition coefficient (Wildman–Crippen LogP) is -0.328. The van der Waals surface area contributed by atoms with Gasteiger partial charge in [0.1, 0.15) is 0 Å². The molecule has 1 atom stereocenters. The van der Waals surface area contributed by atoms with Crippen LogP contribution in [0.25, 0.3) is 0 Å². The lowest BCUT2D eigenvalue weighted by molar-refractivity contribution is 0.170. The van der Waals surface area contributed by atoms with Gasteiger partial charge >= 0.3 is 7.60 Å². The van der Waals surface area contributed by atoms with Gasteiger partial charge in [-0.25, -0.2) is 4.62 Å².